The number of hydrogen-bond donors (Lipinski definition) is 2. The van der Waals surface area contributed by atoms with Crippen LogP contribution in [0.3, 0.4) is 0 Å². The Hall–Kier alpha value is -1.37. The molecule has 0 aliphatic carbocycles. The number of likely N-dealkylation sites (tertiary alicyclic amines) is 1. The van der Waals surface area contributed by atoms with Gasteiger partial charge in [0.1, 0.15) is 5.76 Å². The maximum Gasteiger partial charge on any atom is 0.255 e. The molecule has 1 amide bonds. The summed E-state index contributed by atoms with van der Waals surface area (Å²) >= 11 is 0. The number of carbonyl (C=O) groups is 1. The molecule has 20 heavy (non-hydrogen) atoms. The van der Waals surface area contributed by atoms with Gasteiger partial charge in [-0.1, -0.05) is 0 Å². The lowest BCUT2D eigenvalue weighted by atomic mass is 9.91. The Kier molecular flexibility index (Phi) is 5.17. The Bertz CT molecular complexity index is 421. The molecular formula is C14H22N2O4. The van der Waals surface area contributed by atoms with E-state index in [0.29, 0.717) is 32.7 Å². The van der Waals surface area contributed by atoms with E-state index in [1.807, 2.05) is 12.1 Å². The molecule has 2 N–H and O–H groups in total. The summed E-state index contributed by atoms with van der Waals surface area (Å²) < 4.78 is 10.2. The Morgan fingerprint density at radius 2 is 2.45 bits per heavy atom. The first kappa shape index (κ1) is 15.0. The Morgan fingerprint density at radius 3 is 3.15 bits per heavy atom. The number of rotatable bonds is 7. The van der Waals surface area contributed by atoms with Crippen LogP contribution in [0.15, 0.2) is 22.8 Å². The van der Waals surface area contributed by atoms with E-state index in [2.05, 4.69) is 5.32 Å². The predicted molar refractivity (Wildman–Crippen MR) is 73.1 cm³/mol. The smallest absolute Gasteiger partial charge is 0.255 e. The second-order valence-corrected chi connectivity index (χ2v) is 5.10. The summed E-state index contributed by atoms with van der Waals surface area (Å²) in [5, 5.41) is 13.6. The van der Waals surface area contributed by atoms with Crippen LogP contribution in [-0.2, 0) is 16.1 Å². The second kappa shape index (κ2) is 6.88. The Morgan fingerprint density at radius 1 is 1.60 bits per heavy atom. The van der Waals surface area contributed by atoms with Crippen LogP contribution in [0, 0.1) is 0 Å². The van der Waals surface area contributed by atoms with Crippen molar-refractivity contribution in [1.29, 1.82) is 0 Å². The number of nitrogens with zero attached hydrogens (tertiary/aromatic N) is 1. The van der Waals surface area contributed by atoms with Gasteiger partial charge >= 0.3 is 0 Å². The van der Waals surface area contributed by atoms with Crippen LogP contribution >= 0.6 is 0 Å². The lowest BCUT2D eigenvalue weighted by molar-refractivity contribution is -0.157. The molecule has 1 saturated heterocycles. The third-order valence-corrected chi connectivity index (χ3v) is 3.57. The van der Waals surface area contributed by atoms with Crippen LogP contribution in [0.5, 0.6) is 0 Å². The summed E-state index contributed by atoms with van der Waals surface area (Å²) in [5.74, 6) is 0.570. The van der Waals surface area contributed by atoms with E-state index in [1.54, 1.807) is 18.3 Å². The number of carbonyl (C=O) groups excluding carboxylic acids is 1. The standard InChI is InChI=1S/C14H22N2O4/c1-19-9-7-16-6-3-5-14(18,13(16)17)11-15-10-12-4-2-8-20-12/h2,4,8,15,18H,3,5-7,9-11H2,1H3. The number of piperidine rings is 1. The minimum Gasteiger partial charge on any atom is -0.468 e. The Labute approximate surface area is 118 Å². The maximum atomic E-state index is 12.3. The number of furan rings is 1. The maximum absolute atomic E-state index is 12.3. The molecule has 0 spiro atoms. The van der Waals surface area contributed by atoms with Crippen molar-refractivity contribution in [1.82, 2.24) is 10.2 Å². The van der Waals surface area contributed by atoms with Crippen LogP contribution < -0.4 is 5.32 Å². The van der Waals surface area contributed by atoms with E-state index in [1.165, 1.54) is 0 Å². The van der Waals surface area contributed by atoms with Crippen LogP contribution in [0.25, 0.3) is 0 Å². The molecule has 2 rings (SSSR count). The van der Waals surface area contributed by atoms with Crippen molar-refractivity contribution in [3.63, 3.8) is 0 Å². The minimum atomic E-state index is -1.32. The van der Waals surface area contributed by atoms with Gasteiger partial charge in [0.05, 0.1) is 19.4 Å². The van der Waals surface area contributed by atoms with Gasteiger partial charge in [-0.3, -0.25) is 4.79 Å². The van der Waals surface area contributed by atoms with Crippen molar-refractivity contribution in [3.8, 4) is 0 Å². The number of ether oxygens (including phenoxy) is 1. The van der Waals surface area contributed by atoms with E-state index >= 15 is 0 Å². The summed E-state index contributed by atoms with van der Waals surface area (Å²) in [6, 6.07) is 3.66. The SMILES string of the molecule is COCCN1CCCC(O)(CNCc2ccco2)C1=O. The molecule has 6 heteroatoms. The van der Waals surface area contributed by atoms with Gasteiger partial charge < -0.3 is 24.5 Å². The fraction of sp³-hybridized carbons (Fsp3) is 0.643. The Balaban J connectivity index is 1.85. The van der Waals surface area contributed by atoms with Crippen molar-refractivity contribution in [2.75, 3.05) is 33.4 Å². The number of methoxy groups -OCH3 is 1. The summed E-state index contributed by atoms with van der Waals surface area (Å²) in [6.45, 7) is 2.43. The third kappa shape index (κ3) is 3.59. The molecule has 6 nitrogen and oxygen atoms in total. The van der Waals surface area contributed by atoms with Gasteiger partial charge in [-0.15, -0.1) is 0 Å². The summed E-state index contributed by atoms with van der Waals surface area (Å²) in [5.41, 5.74) is -1.32. The molecular weight excluding hydrogens is 260 g/mol. The largest absolute Gasteiger partial charge is 0.468 e. The highest BCUT2D eigenvalue weighted by molar-refractivity contribution is 5.86. The molecule has 1 aromatic heterocycles. The van der Waals surface area contributed by atoms with Crippen LogP contribution in [0.4, 0.5) is 0 Å². The van der Waals surface area contributed by atoms with Crippen molar-refractivity contribution in [3.05, 3.63) is 24.2 Å². The number of hydrogen-bond acceptors (Lipinski definition) is 5. The first-order chi connectivity index (χ1) is 9.65. The average Bonchev–Trinajstić information content (AvgIpc) is 2.94. The van der Waals surface area contributed by atoms with Crippen LogP contribution in [0.2, 0.25) is 0 Å². The molecule has 2 heterocycles. The quantitative estimate of drug-likeness (QED) is 0.756. The number of amides is 1. The van der Waals surface area contributed by atoms with Gasteiger partial charge in [-0.2, -0.15) is 0 Å². The molecule has 0 aromatic carbocycles. The minimum absolute atomic E-state index is 0.215. The monoisotopic (exact) mass is 282 g/mol. The van der Waals surface area contributed by atoms with Crippen molar-refractivity contribution in [2.24, 2.45) is 0 Å². The number of nitrogens with one attached hydrogen (secondary N) is 1. The van der Waals surface area contributed by atoms with Gasteiger partial charge in [0.2, 0.25) is 0 Å². The highest BCUT2D eigenvalue weighted by Gasteiger charge is 2.41. The van der Waals surface area contributed by atoms with Gasteiger partial charge in [-0.25, -0.2) is 0 Å². The zero-order chi connectivity index (χ0) is 14.4. The van der Waals surface area contributed by atoms with E-state index < -0.39 is 5.60 Å². The molecule has 1 aliphatic rings. The molecule has 0 saturated carbocycles. The van der Waals surface area contributed by atoms with Crippen molar-refractivity contribution in [2.45, 2.75) is 25.0 Å². The summed E-state index contributed by atoms with van der Waals surface area (Å²) in [4.78, 5) is 14.0. The first-order valence-corrected chi connectivity index (χ1v) is 6.89. The van der Waals surface area contributed by atoms with Crippen LogP contribution in [0.1, 0.15) is 18.6 Å². The topological polar surface area (TPSA) is 74.9 Å². The molecule has 1 aromatic rings. The summed E-state index contributed by atoms with van der Waals surface area (Å²) in [6.07, 6.45) is 2.89. The normalized spacial score (nSPS) is 23.3. The molecule has 1 fully saturated rings. The lowest BCUT2D eigenvalue weighted by Gasteiger charge is -2.38. The zero-order valence-electron chi connectivity index (χ0n) is 11.8. The van der Waals surface area contributed by atoms with Gasteiger partial charge in [-0.05, 0) is 25.0 Å². The van der Waals surface area contributed by atoms with Crippen molar-refractivity contribution >= 4 is 5.91 Å². The lowest BCUT2D eigenvalue weighted by Crippen LogP contribution is -2.58. The third-order valence-electron chi connectivity index (χ3n) is 3.57. The van der Waals surface area contributed by atoms with E-state index in [9.17, 15) is 9.90 Å². The summed E-state index contributed by atoms with van der Waals surface area (Å²) in [7, 11) is 1.60. The van der Waals surface area contributed by atoms with Gasteiger partial charge in [0, 0.05) is 26.7 Å². The highest BCUT2D eigenvalue weighted by atomic mass is 16.5. The number of aliphatic hydroxyl groups is 1. The molecule has 0 bridgehead atoms. The molecule has 112 valence electrons. The molecule has 0 radical (unpaired) electrons. The molecule has 1 aliphatic heterocycles. The van der Waals surface area contributed by atoms with Crippen molar-refractivity contribution < 1.29 is 19.1 Å². The zero-order valence-corrected chi connectivity index (χ0v) is 11.8. The van der Waals surface area contributed by atoms with E-state index in [0.717, 1.165) is 12.2 Å². The predicted octanol–water partition coefficient (Wildman–Crippen LogP) is 0.369. The fourth-order valence-electron chi connectivity index (χ4n) is 2.45. The molecule has 1 atom stereocenters. The van der Waals surface area contributed by atoms with Crippen LogP contribution in [-0.4, -0.2) is 54.9 Å². The van der Waals surface area contributed by atoms with Gasteiger partial charge in [0.25, 0.3) is 5.91 Å². The van der Waals surface area contributed by atoms with E-state index in [4.69, 9.17) is 9.15 Å². The molecule has 1 unspecified atom stereocenters. The first-order valence-electron chi connectivity index (χ1n) is 6.89. The fourth-order valence-corrected chi connectivity index (χ4v) is 2.45. The average molecular weight is 282 g/mol. The highest BCUT2D eigenvalue weighted by Crippen LogP contribution is 2.22. The second-order valence-electron chi connectivity index (χ2n) is 5.10. The van der Waals surface area contributed by atoms with E-state index in [-0.39, 0.29) is 12.5 Å². The van der Waals surface area contributed by atoms with Gasteiger partial charge in [0.15, 0.2) is 5.60 Å².